The first-order valence-corrected chi connectivity index (χ1v) is 9.25. The molecule has 3 rings (SSSR count). The molecule has 0 aromatic heterocycles. The normalized spacial score (nSPS) is 22.7. The first kappa shape index (κ1) is 18.5. The number of piperidine rings is 1. The summed E-state index contributed by atoms with van der Waals surface area (Å²) >= 11 is 0. The van der Waals surface area contributed by atoms with Gasteiger partial charge in [-0.05, 0) is 44.6 Å². The largest absolute Gasteiger partial charge is 0.445 e. The molecule has 0 bridgehead atoms. The van der Waals surface area contributed by atoms with Gasteiger partial charge in [0, 0.05) is 26.2 Å². The Bertz CT molecular complexity index is 641. The standard InChI is InChI=1S/C20H28N2O4/c1-20(2,3)26-19(24)22-11-16-9-10-21(12-17(16)13-22)18(23)25-14-15-7-5-4-6-8-15/h4-8,16-17H,9-14H2,1-3H3. The van der Waals surface area contributed by atoms with Crippen molar-refractivity contribution in [3.63, 3.8) is 0 Å². The van der Waals surface area contributed by atoms with Gasteiger partial charge in [-0.1, -0.05) is 30.3 Å². The Morgan fingerprint density at radius 1 is 1.00 bits per heavy atom. The SMILES string of the molecule is CC(C)(C)OC(=O)N1CC2CCN(C(=O)OCc3ccccc3)CC2C1. The summed E-state index contributed by atoms with van der Waals surface area (Å²) in [7, 11) is 0. The molecule has 0 aliphatic carbocycles. The predicted molar refractivity (Wildman–Crippen MR) is 97.6 cm³/mol. The van der Waals surface area contributed by atoms with E-state index in [1.165, 1.54) is 0 Å². The molecular weight excluding hydrogens is 332 g/mol. The Balaban J connectivity index is 1.49. The number of hydrogen-bond donors (Lipinski definition) is 0. The third-order valence-electron chi connectivity index (χ3n) is 4.92. The zero-order valence-electron chi connectivity index (χ0n) is 15.8. The number of benzene rings is 1. The lowest BCUT2D eigenvalue weighted by molar-refractivity contribution is 0.0284. The Kier molecular flexibility index (Phi) is 5.39. The quantitative estimate of drug-likeness (QED) is 0.810. The van der Waals surface area contributed by atoms with E-state index < -0.39 is 5.60 Å². The van der Waals surface area contributed by atoms with Crippen molar-refractivity contribution in [1.29, 1.82) is 0 Å². The summed E-state index contributed by atoms with van der Waals surface area (Å²) in [6.07, 6.45) is 0.359. The van der Waals surface area contributed by atoms with Crippen LogP contribution in [0.5, 0.6) is 0 Å². The van der Waals surface area contributed by atoms with Gasteiger partial charge in [0.25, 0.3) is 0 Å². The summed E-state index contributed by atoms with van der Waals surface area (Å²) in [6, 6.07) is 9.67. The molecule has 2 atom stereocenters. The van der Waals surface area contributed by atoms with Gasteiger partial charge in [0.05, 0.1) is 0 Å². The van der Waals surface area contributed by atoms with E-state index in [-0.39, 0.29) is 18.8 Å². The molecule has 142 valence electrons. The minimum Gasteiger partial charge on any atom is -0.445 e. The fourth-order valence-corrected chi connectivity index (χ4v) is 3.62. The zero-order valence-corrected chi connectivity index (χ0v) is 15.8. The average molecular weight is 360 g/mol. The lowest BCUT2D eigenvalue weighted by Crippen LogP contribution is -2.43. The van der Waals surface area contributed by atoms with E-state index in [2.05, 4.69) is 0 Å². The van der Waals surface area contributed by atoms with E-state index in [1.807, 2.05) is 51.1 Å². The van der Waals surface area contributed by atoms with E-state index in [9.17, 15) is 9.59 Å². The number of carbonyl (C=O) groups is 2. The molecule has 1 aromatic carbocycles. The summed E-state index contributed by atoms with van der Waals surface area (Å²) in [6.45, 7) is 8.58. The maximum absolute atomic E-state index is 12.4. The third-order valence-corrected chi connectivity index (χ3v) is 4.92. The van der Waals surface area contributed by atoms with E-state index in [4.69, 9.17) is 9.47 Å². The second-order valence-electron chi connectivity index (χ2n) is 8.18. The van der Waals surface area contributed by atoms with Crippen molar-refractivity contribution in [1.82, 2.24) is 9.80 Å². The topological polar surface area (TPSA) is 59.1 Å². The number of nitrogens with zero attached hydrogens (tertiary/aromatic N) is 2. The lowest BCUT2D eigenvalue weighted by atomic mass is 9.89. The summed E-state index contributed by atoms with van der Waals surface area (Å²) in [5, 5.41) is 0. The van der Waals surface area contributed by atoms with E-state index >= 15 is 0 Å². The van der Waals surface area contributed by atoms with Crippen LogP contribution in [0.4, 0.5) is 9.59 Å². The molecule has 2 heterocycles. The van der Waals surface area contributed by atoms with Gasteiger partial charge in [-0.15, -0.1) is 0 Å². The molecular formula is C20H28N2O4. The molecule has 2 aliphatic rings. The van der Waals surface area contributed by atoms with Crippen molar-refractivity contribution in [3.8, 4) is 0 Å². The maximum atomic E-state index is 12.4. The number of fused-ring (bicyclic) bond motifs is 1. The summed E-state index contributed by atoms with van der Waals surface area (Å²) in [5.41, 5.74) is 0.491. The van der Waals surface area contributed by atoms with Gasteiger partial charge < -0.3 is 19.3 Å². The molecule has 26 heavy (non-hydrogen) atoms. The Hall–Kier alpha value is -2.24. The maximum Gasteiger partial charge on any atom is 0.410 e. The van der Waals surface area contributed by atoms with Crippen LogP contribution >= 0.6 is 0 Å². The zero-order chi connectivity index (χ0) is 18.7. The Morgan fingerprint density at radius 3 is 2.35 bits per heavy atom. The predicted octanol–water partition coefficient (Wildman–Crippen LogP) is 3.51. The summed E-state index contributed by atoms with van der Waals surface area (Å²) in [4.78, 5) is 28.2. The van der Waals surface area contributed by atoms with Crippen LogP contribution in [0.25, 0.3) is 0 Å². The number of hydrogen-bond acceptors (Lipinski definition) is 4. The summed E-state index contributed by atoms with van der Waals surface area (Å²) in [5.74, 6) is 0.723. The fraction of sp³-hybridized carbons (Fsp3) is 0.600. The molecule has 0 saturated carbocycles. The third kappa shape index (κ3) is 4.68. The van der Waals surface area contributed by atoms with E-state index in [1.54, 1.807) is 9.80 Å². The summed E-state index contributed by atoms with van der Waals surface area (Å²) < 4.78 is 10.9. The lowest BCUT2D eigenvalue weighted by Gasteiger charge is -2.33. The first-order chi connectivity index (χ1) is 12.3. The van der Waals surface area contributed by atoms with Crippen LogP contribution in [-0.2, 0) is 16.1 Å². The van der Waals surface area contributed by atoms with Crippen molar-refractivity contribution in [2.24, 2.45) is 11.8 Å². The fourth-order valence-electron chi connectivity index (χ4n) is 3.62. The van der Waals surface area contributed by atoms with Gasteiger partial charge in [-0.25, -0.2) is 9.59 Å². The molecule has 6 nitrogen and oxygen atoms in total. The van der Waals surface area contributed by atoms with Gasteiger partial charge >= 0.3 is 12.2 Å². The van der Waals surface area contributed by atoms with Gasteiger partial charge in [0.1, 0.15) is 12.2 Å². The van der Waals surface area contributed by atoms with Crippen LogP contribution in [0.15, 0.2) is 30.3 Å². The van der Waals surface area contributed by atoms with Crippen molar-refractivity contribution in [3.05, 3.63) is 35.9 Å². The number of rotatable bonds is 2. The molecule has 2 amide bonds. The molecule has 0 spiro atoms. The second-order valence-corrected chi connectivity index (χ2v) is 8.18. The molecule has 2 aliphatic heterocycles. The van der Waals surface area contributed by atoms with Crippen molar-refractivity contribution >= 4 is 12.2 Å². The highest BCUT2D eigenvalue weighted by molar-refractivity contribution is 5.69. The molecule has 0 radical (unpaired) electrons. The Labute approximate surface area is 155 Å². The van der Waals surface area contributed by atoms with Crippen molar-refractivity contribution in [2.75, 3.05) is 26.2 Å². The molecule has 2 fully saturated rings. The number of ether oxygens (including phenoxy) is 2. The molecule has 0 N–H and O–H groups in total. The highest BCUT2D eigenvalue weighted by atomic mass is 16.6. The van der Waals surface area contributed by atoms with Crippen LogP contribution in [0.1, 0.15) is 32.8 Å². The highest BCUT2D eigenvalue weighted by Gasteiger charge is 2.41. The average Bonchev–Trinajstić information content (AvgIpc) is 3.02. The number of amides is 2. The van der Waals surface area contributed by atoms with E-state index in [0.29, 0.717) is 38.0 Å². The minimum absolute atomic E-state index is 0.259. The minimum atomic E-state index is -0.488. The van der Waals surface area contributed by atoms with Crippen LogP contribution in [-0.4, -0.2) is 53.8 Å². The van der Waals surface area contributed by atoms with E-state index in [0.717, 1.165) is 12.0 Å². The van der Waals surface area contributed by atoms with Crippen LogP contribution in [0.2, 0.25) is 0 Å². The van der Waals surface area contributed by atoms with Crippen LogP contribution in [0, 0.1) is 11.8 Å². The van der Waals surface area contributed by atoms with Gasteiger partial charge in [0.2, 0.25) is 0 Å². The monoisotopic (exact) mass is 360 g/mol. The van der Waals surface area contributed by atoms with Gasteiger partial charge in [-0.3, -0.25) is 0 Å². The first-order valence-electron chi connectivity index (χ1n) is 9.25. The Morgan fingerprint density at radius 2 is 1.65 bits per heavy atom. The molecule has 2 saturated heterocycles. The van der Waals surface area contributed by atoms with Crippen molar-refractivity contribution < 1.29 is 19.1 Å². The molecule has 2 unspecified atom stereocenters. The highest BCUT2D eigenvalue weighted by Crippen LogP contribution is 2.32. The molecule has 6 heteroatoms. The van der Waals surface area contributed by atoms with Crippen LogP contribution in [0.3, 0.4) is 0 Å². The second kappa shape index (κ2) is 7.56. The van der Waals surface area contributed by atoms with Gasteiger partial charge in [-0.2, -0.15) is 0 Å². The molecule has 1 aromatic rings. The van der Waals surface area contributed by atoms with Crippen LogP contribution < -0.4 is 0 Å². The number of likely N-dealkylation sites (tertiary alicyclic amines) is 2. The number of carbonyl (C=O) groups excluding carboxylic acids is 2. The smallest absolute Gasteiger partial charge is 0.410 e. The van der Waals surface area contributed by atoms with Crippen molar-refractivity contribution in [2.45, 2.75) is 39.4 Å². The van der Waals surface area contributed by atoms with Gasteiger partial charge in [0.15, 0.2) is 0 Å².